The van der Waals surface area contributed by atoms with Gasteiger partial charge in [-0.3, -0.25) is 0 Å². The van der Waals surface area contributed by atoms with Crippen LogP contribution in [0.4, 0.5) is 0 Å². The molecule has 5 heteroatoms. The summed E-state index contributed by atoms with van der Waals surface area (Å²) in [6.07, 6.45) is 0. The third kappa shape index (κ3) is 3.63. The second kappa shape index (κ2) is 7.14. The molecule has 2 rings (SSSR count). The maximum absolute atomic E-state index is 5.79. The Balaban J connectivity index is 2.12. The molecular formula is C15H16BrNO3. The molecule has 0 bridgehead atoms. The topological polar surface area (TPSA) is 40.6 Å². The van der Waals surface area contributed by atoms with Gasteiger partial charge in [-0.05, 0) is 23.8 Å². The van der Waals surface area contributed by atoms with Crippen molar-refractivity contribution < 1.29 is 14.2 Å². The van der Waals surface area contributed by atoms with E-state index >= 15 is 0 Å². The molecule has 0 aliphatic rings. The van der Waals surface area contributed by atoms with Crippen LogP contribution >= 0.6 is 15.9 Å². The van der Waals surface area contributed by atoms with Crippen LogP contribution in [0.3, 0.4) is 0 Å². The van der Waals surface area contributed by atoms with Crippen LogP contribution < -0.4 is 14.2 Å². The SMILES string of the molecule is COc1cccc(COc2cc(CBr)ccc2OC)n1. The predicted molar refractivity (Wildman–Crippen MR) is 80.7 cm³/mol. The van der Waals surface area contributed by atoms with E-state index in [1.165, 1.54) is 0 Å². The second-order valence-corrected chi connectivity index (χ2v) is 4.64. The lowest BCUT2D eigenvalue weighted by Gasteiger charge is -2.11. The van der Waals surface area contributed by atoms with Crippen molar-refractivity contribution in [3.05, 3.63) is 47.7 Å². The van der Waals surface area contributed by atoms with E-state index in [-0.39, 0.29) is 0 Å². The lowest BCUT2D eigenvalue weighted by atomic mass is 10.2. The van der Waals surface area contributed by atoms with Crippen LogP contribution in [-0.4, -0.2) is 19.2 Å². The van der Waals surface area contributed by atoms with Crippen molar-refractivity contribution >= 4 is 15.9 Å². The van der Waals surface area contributed by atoms with Crippen molar-refractivity contribution in [2.45, 2.75) is 11.9 Å². The highest BCUT2D eigenvalue weighted by molar-refractivity contribution is 9.08. The molecule has 0 N–H and O–H groups in total. The number of ether oxygens (including phenoxy) is 3. The predicted octanol–water partition coefficient (Wildman–Crippen LogP) is 3.57. The molecule has 2 aromatic rings. The largest absolute Gasteiger partial charge is 0.493 e. The van der Waals surface area contributed by atoms with E-state index in [9.17, 15) is 0 Å². The highest BCUT2D eigenvalue weighted by Gasteiger charge is 2.07. The first kappa shape index (κ1) is 14.7. The standard InChI is InChI=1S/C15H16BrNO3/c1-18-13-7-6-11(9-16)8-14(13)20-10-12-4-3-5-15(17-12)19-2/h3-8H,9-10H2,1-2H3. The molecule has 1 heterocycles. The van der Waals surface area contributed by atoms with Crippen LogP contribution in [0.25, 0.3) is 0 Å². The molecule has 0 saturated heterocycles. The quantitative estimate of drug-likeness (QED) is 0.755. The van der Waals surface area contributed by atoms with Crippen molar-refractivity contribution in [1.82, 2.24) is 4.98 Å². The summed E-state index contributed by atoms with van der Waals surface area (Å²) in [7, 11) is 3.22. The Morgan fingerprint density at radius 2 is 1.90 bits per heavy atom. The average Bonchev–Trinajstić information content (AvgIpc) is 2.52. The van der Waals surface area contributed by atoms with E-state index in [1.54, 1.807) is 20.3 Å². The van der Waals surface area contributed by atoms with Gasteiger partial charge in [0.1, 0.15) is 6.61 Å². The van der Waals surface area contributed by atoms with Crippen LogP contribution in [0.15, 0.2) is 36.4 Å². The van der Waals surface area contributed by atoms with Crippen LogP contribution in [-0.2, 0) is 11.9 Å². The zero-order valence-corrected chi connectivity index (χ0v) is 13.0. The van der Waals surface area contributed by atoms with Gasteiger partial charge in [0.15, 0.2) is 11.5 Å². The lowest BCUT2D eigenvalue weighted by molar-refractivity contribution is 0.278. The van der Waals surface area contributed by atoms with E-state index < -0.39 is 0 Å². The van der Waals surface area contributed by atoms with Crippen molar-refractivity contribution in [2.24, 2.45) is 0 Å². The average molecular weight is 338 g/mol. The Morgan fingerprint density at radius 1 is 1.05 bits per heavy atom. The van der Waals surface area contributed by atoms with Gasteiger partial charge in [-0.25, -0.2) is 4.98 Å². The molecule has 0 spiro atoms. The fraction of sp³-hybridized carbons (Fsp3) is 0.267. The van der Waals surface area contributed by atoms with Crippen molar-refractivity contribution in [1.29, 1.82) is 0 Å². The fourth-order valence-corrected chi connectivity index (χ4v) is 2.07. The Bertz CT molecular complexity index is 575. The molecule has 0 amide bonds. The summed E-state index contributed by atoms with van der Waals surface area (Å²) >= 11 is 3.43. The smallest absolute Gasteiger partial charge is 0.213 e. The van der Waals surface area contributed by atoms with E-state index in [4.69, 9.17) is 14.2 Å². The minimum absolute atomic E-state index is 0.360. The lowest BCUT2D eigenvalue weighted by Crippen LogP contribution is -2.01. The number of nitrogens with zero attached hydrogens (tertiary/aromatic N) is 1. The minimum atomic E-state index is 0.360. The van der Waals surface area contributed by atoms with E-state index in [2.05, 4.69) is 20.9 Å². The number of methoxy groups -OCH3 is 2. The zero-order valence-electron chi connectivity index (χ0n) is 11.4. The summed E-state index contributed by atoms with van der Waals surface area (Å²) in [6, 6.07) is 11.4. The normalized spacial score (nSPS) is 10.2. The van der Waals surface area contributed by atoms with Crippen molar-refractivity contribution in [3.8, 4) is 17.4 Å². The summed E-state index contributed by atoms with van der Waals surface area (Å²) in [6.45, 7) is 0.360. The molecule has 0 fully saturated rings. The molecule has 0 aliphatic carbocycles. The molecule has 0 unspecified atom stereocenters. The maximum Gasteiger partial charge on any atom is 0.213 e. The van der Waals surface area contributed by atoms with Gasteiger partial charge in [-0.2, -0.15) is 0 Å². The van der Waals surface area contributed by atoms with Crippen LogP contribution in [0, 0.1) is 0 Å². The number of rotatable bonds is 6. The number of aromatic nitrogens is 1. The van der Waals surface area contributed by atoms with Crippen molar-refractivity contribution in [3.63, 3.8) is 0 Å². The molecule has 0 atom stereocenters. The third-order valence-electron chi connectivity index (χ3n) is 2.75. The van der Waals surface area contributed by atoms with Crippen LogP contribution in [0.2, 0.25) is 0 Å². The van der Waals surface area contributed by atoms with Gasteiger partial charge in [-0.1, -0.05) is 28.1 Å². The van der Waals surface area contributed by atoms with E-state index in [0.29, 0.717) is 24.0 Å². The van der Waals surface area contributed by atoms with E-state index in [1.807, 2.05) is 30.3 Å². The molecular weight excluding hydrogens is 322 g/mol. The van der Waals surface area contributed by atoms with Crippen LogP contribution in [0.1, 0.15) is 11.3 Å². The Hall–Kier alpha value is -1.75. The number of alkyl halides is 1. The molecule has 1 aromatic carbocycles. The van der Waals surface area contributed by atoms with E-state index in [0.717, 1.165) is 16.6 Å². The third-order valence-corrected chi connectivity index (χ3v) is 3.40. The first-order valence-corrected chi connectivity index (χ1v) is 7.24. The molecule has 4 nitrogen and oxygen atoms in total. The highest BCUT2D eigenvalue weighted by atomic mass is 79.9. The maximum atomic E-state index is 5.79. The molecule has 20 heavy (non-hydrogen) atoms. The number of hydrogen-bond donors (Lipinski definition) is 0. The summed E-state index contributed by atoms with van der Waals surface area (Å²) in [4.78, 5) is 4.31. The van der Waals surface area contributed by atoms with Gasteiger partial charge in [0.2, 0.25) is 5.88 Å². The molecule has 0 radical (unpaired) electrons. The summed E-state index contributed by atoms with van der Waals surface area (Å²) < 4.78 is 16.2. The monoisotopic (exact) mass is 337 g/mol. The molecule has 0 saturated carbocycles. The van der Waals surface area contributed by atoms with Gasteiger partial charge < -0.3 is 14.2 Å². The Labute approximate surface area is 126 Å². The summed E-state index contributed by atoms with van der Waals surface area (Å²) in [5.74, 6) is 1.99. The molecule has 1 aromatic heterocycles. The first-order valence-electron chi connectivity index (χ1n) is 6.12. The summed E-state index contributed by atoms with van der Waals surface area (Å²) in [5, 5.41) is 0.769. The minimum Gasteiger partial charge on any atom is -0.493 e. The Morgan fingerprint density at radius 3 is 2.60 bits per heavy atom. The first-order chi connectivity index (χ1) is 9.76. The number of hydrogen-bond acceptors (Lipinski definition) is 4. The molecule has 106 valence electrons. The second-order valence-electron chi connectivity index (χ2n) is 4.08. The van der Waals surface area contributed by atoms with Gasteiger partial charge in [0, 0.05) is 11.4 Å². The molecule has 0 aliphatic heterocycles. The summed E-state index contributed by atoms with van der Waals surface area (Å²) in [5.41, 5.74) is 1.93. The van der Waals surface area contributed by atoms with Gasteiger partial charge in [-0.15, -0.1) is 0 Å². The fourth-order valence-electron chi connectivity index (χ4n) is 1.72. The van der Waals surface area contributed by atoms with Gasteiger partial charge in [0.25, 0.3) is 0 Å². The zero-order chi connectivity index (χ0) is 14.4. The van der Waals surface area contributed by atoms with Gasteiger partial charge >= 0.3 is 0 Å². The van der Waals surface area contributed by atoms with Crippen LogP contribution in [0.5, 0.6) is 17.4 Å². The Kier molecular flexibility index (Phi) is 5.24. The number of pyridine rings is 1. The van der Waals surface area contributed by atoms with Gasteiger partial charge in [0.05, 0.1) is 19.9 Å². The number of halogens is 1. The number of benzene rings is 1. The highest BCUT2D eigenvalue weighted by Crippen LogP contribution is 2.29. The van der Waals surface area contributed by atoms with Crippen molar-refractivity contribution in [2.75, 3.05) is 14.2 Å².